The van der Waals surface area contributed by atoms with Crippen LogP contribution in [-0.4, -0.2) is 10.8 Å². The maximum atomic E-state index is 11.7. The maximum Gasteiger partial charge on any atom is 0.236 e. The van der Waals surface area contributed by atoms with E-state index < -0.39 is 0 Å². The SMILES string of the molecule is Cc1cccc(C#CC(=O)c2ccccc2)n1. The molecule has 0 aliphatic rings. The van der Waals surface area contributed by atoms with E-state index in [2.05, 4.69) is 16.8 Å². The van der Waals surface area contributed by atoms with Gasteiger partial charge in [-0.05, 0) is 30.9 Å². The third-order valence-corrected chi connectivity index (χ3v) is 2.23. The van der Waals surface area contributed by atoms with Crippen molar-refractivity contribution in [2.75, 3.05) is 0 Å². The molecule has 1 aromatic heterocycles. The molecule has 17 heavy (non-hydrogen) atoms. The summed E-state index contributed by atoms with van der Waals surface area (Å²) in [6.07, 6.45) is 0. The van der Waals surface area contributed by atoms with Crippen molar-refractivity contribution in [3.05, 3.63) is 65.5 Å². The van der Waals surface area contributed by atoms with Crippen LogP contribution >= 0.6 is 0 Å². The molecule has 0 radical (unpaired) electrons. The van der Waals surface area contributed by atoms with Gasteiger partial charge in [0.05, 0.1) is 0 Å². The molecule has 1 aromatic carbocycles. The average molecular weight is 221 g/mol. The van der Waals surface area contributed by atoms with Crippen LogP contribution in [0.15, 0.2) is 48.5 Å². The van der Waals surface area contributed by atoms with Crippen molar-refractivity contribution in [3.63, 3.8) is 0 Å². The second-order valence-electron chi connectivity index (χ2n) is 3.61. The van der Waals surface area contributed by atoms with Gasteiger partial charge in [0, 0.05) is 11.3 Å². The Hall–Kier alpha value is -2.40. The van der Waals surface area contributed by atoms with E-state index in [0.717, 1.165) is 5.69 Å². The molecule has 0 N–H and O–H groups in total. The van der Waals surface area contributed by atoms with Gasteiger partial charge in [0.1, 0.15) is 5.69 Å². The van der Waals surface area contributed by atoms with Crippen LogP contribution in [0.3, 0.4) is 0 Å². The van der Waals surface area contributed by atoms with Crippen molar-refractivity contribution < 1.29 is 4.79 Å². The largest absolute Gasteiger partial charge is 0.279 e. The smallest absolute Gasteiger partial charge is 0.236 e. The summed E-state index contributed by atoms with van der Waals surface area (Å²) in [7, 11) is 0. The standard InChI is InChI=1S/C15H11NO/c1-12-6-5-9-14(16-12)10-11-15(17)13-7-3-2-4-8-13/h2-9H,1H3. The van der Waals surface area contributed by atoms with Gasteiger partial charge in [-0.1, -0.05) is 36.4 Å². The molecule has 0 amide bonds. The summed E-state index contributed by atoms with van der Waals surface area (Å²) >= 11 is 0. The van der Waals surface area contributed by atoms with Crippen LogP contribution in [0.2, 0.25) is 0 Å². The zero-order chi connectivity index (χ0) is 12.1. The van der Waals surface area contributed by atoms with Crippen LogP contribution in [0.4, 0.5) is 0 Å². The third kappa shape index (κ3) is 3.02. The zero-order valence-electron chi connectivity index (χ0n) is 9.47. The van der Waals surface area contributed by atoms with E-state index in [4.69, 9.17) is 0 Å². The summed E-state index contributed by atoms with van der Waals surface area (Å²) in [4.78, 5) is 15.9. The molecule has 0 saturated carbocycles. The predicted octanol–water partition coefficient (Wildman–Crippen LogP) is 2.62. The Bertz CT molecular complexity index is 591. The highest BCUT2D eigenvalue weighted by molar-refractivity contribution is 6.09. The number of carbonyl (C=O) groups excluding carboxylic acids is 1. The second-order valence-corrected chi connectivity index (χ2v) is 3.61. The summed E-state index contributed by atoms with van der Waals surface area (Å²) in [6, 6.07) is 14.6. The molecule has 2 aromatic rings. The Morgan fingerprint density at radius 3 is 2.53 bits per heavy atom. The van der Waals surface area contributed by atoms with Gasteiger partial charge in [0.2, 0.25) is 5.78 Å². The highest BCUT2D eigenvalue weighted by atomic mass is 16.1. The minimum Gasteiger partial charge on any atom is -0.279 e. The van der Waals surface area contributed by atoms with E-state index in [9.17, 15) is 4.79 Å². The van der Waals surface area contributed by atoms with Crippen LogP contribution in [0, 0.1) is 18.8 Å². The lowest BCUT2D eigenvalue weighted by Gasteiger charge is -1.92. The summed E-state index contributed by atoms with van der Waals surface area (Å²) < 4.78 is 0. The summed E-state index contributed by atoms with van der Waals surface area (Å²) in [5.74, 6) is 5.18. The molecular formula is C15H11NO. The highest BCUT2D eigenvalue weighted by Crippen LogP contribution is 2.00. The van der Waals surface area contributed by atoms with Gasteiger partial charge in [0.25, 0.3) is 0 Å². The predicted molar refractivity (Wildman–Crippen MR) is 66.6 cm³/mol. The molecule has 82 valence electrons. The molecule has 0 aliphatic carbocycles. The van der Waals surface area contributed by atoms with Crippen molar-refractivity contribution in [1.29, 1.82) is 0 Å². The number of rotatable bonds is 1. The molecule has 0 saturated heterocycles. The molecule has 2 nitrogen and oxygen atoms in total. The highest BCUT2D eigenvalue weighted by Gasteiger charge is 1.99. The number of hydrogen-bond acceptors (Lipinski definition) is 2. The van der Waals surface area contributed by atoms with Gasteiger partial charge in [-0.3, -0.25) is 4.79 Å². The number of benzene rings is 1. The molecule has 0 aliphatic heterocycles. The fourth-order valence-electron chi connectivity index (χ4n) is 1.40. The van der Waals surface area contributed by atoms with Crippen molar-refractivity contribution in [1.82, 2.24) is 4.98 Å². The topological polar surface area (TPSA) is 30.0 Å². The summed E-state index contributed by atoms with van der Waals surface area (Å²) in [5, 5.41) is 0. The zero-order valence-corrected chi connectivity index (χ0v) is 9.47. The molecule has 1 heterocycles. The minimum atomic E-state index is -0.186. The molecule has 2 rings (SSSR count). The number of aromatic nitrogens is 1. The first-order chi connectivity index (χ1) is 8.25. The van der Waals surface area contributed by atoms with E-state index in [1.165, 1.54) is 0 Å². The number of ketones is 1. The first-order valence-corrected chi connectivity index (χ1v) is 5.31. The Labute approximate surface area is 100 Å². The molecule has 0 bridgehead atoms. The van der Waals surface area contributed by atoms with Crippen molar-refractivity contribution >= 4 is 5.78 Å². The molecule has 0 unspecified atom stereocenters. The van der Waals surface area contributed by atoms with Crippen molar-refractivity contribution in [2.45, 2.75) is 6.92 Å². The minimum absolute atomic E-state index is 0.186. The fraction of sp³-hybridized carbons (Fsp3) is 0.0667. The van der Waals surface area contributed by atoms with Crippen molar-refractivity contribution in [2.24, 2.45) is 0 Å². The average Bonchev–Trinajstić information content (AvgIpc) is 2.37. The quantitative estimate of drug-likeness (QED) is 0.547. The lowest BCUT2D eigenvalue weighted by molar-refractivity contribution is 0.105. The first kappa shape index (κ1) is 11.1. The molecular weight excluding hydrogens is 210 g/mol. The Kier molecular flexibility index (Phi) is 3.32. The molecule has 0 atom stereocenters. The first-order valence-electron chi connectivity index (χ1n) is 5.31. The second kappa shape index (κ2) is 5.09. The number of pyridine rings is 1. The van der Waals surface area contributed by atoms with Gasteiger partial charge in [0.15, 0.2) is 0 Å². The third-order valence-electron chi connectivity index (χ3n) is 2.23. The number of aryl methyl sites for hydroxylation is 1. The van der Waals surface area contributed by atoms with Gasteiger partial charge in [-0.15, -0.1) is 0 Å². The van der Waals surface area contributed by atoms with E-state index in [0.29, 0.717) is 11.3 Å². The molecule has 0 spiro atoms. The van der Waals surface area contributed by atoms with Crippen molar-refractivity contribution in [3.8, 4) is 11.8 Å². The monoisotopic (exact) mass is 221 g/mol. The number of hydrogen-bond donors (Lipinski definition) is 0. The number of carbonyl (C=O) groups is 1. The Balaban J connectivity index is 2.20. The summed E-state index contributed by atoms with van der Waals surface area (Å²) in [6.45, 7) is 1.89. The van der Waals surface area contributed by atoms with Crippen LogP contribution in [0.5, 0.6) is 0 Å². The lowest BCUT2D eigenvalue weighted by atomic mass is 10.1. The Morgan fingerprint density at radius 1 is 1.06 bits per heavy atom. The van der Waals surface area contributed by atoms with Gasteiger partial charge < -0.3 is 0 Å². The Morgan fingerprint density at radius 2 is 1.82 bits per heavy atom. The number of Topliss-reactive ketones (excluding diaryl/α,β-unsaturated/α-hetero) is 1. The number of nitrogens with zero attached hydrogens (tertiary/aromatic N) is 1. The van der Waals surface area contributed by atoms with Gasteiger partial charge in [-0.25, -0.2) is 4.98 Å². The van der Waals surface area contributed by atoms with Crippen LogP contribution in [0.1, 0.15) is 21.7 Å². The molecule has 0 fully saturated rings. The maximum absolute atomic E-state index is 11.7. The van der Waals surface area contributed by atoms with E-state index in [1.807, 2.05) is 37.3 Å². The van der Waals surface area contributed by atoms with Gasteiger partial charge in [-0.2, -0.15) is 0 Å². The van der Waals surface area contributed by atoms with E-state index >= 15 is 0 Å². The summed E-state index contributed by atoms with van der Waals surface area (Å²) in [5.41, 5.74) is 2.12. The molecule has 2 heteroatoms. The lowest BCUT2D eigenvalue weighted by Crippen LogP contribution is -1.94. The van der Waals surface area contributed by atoms with Crippen LogP contribution in [-0.2, 0) is 0 Å². The van der Waals surface area contributed by atoms with Gasteiger partial charge >= 0.3 is 0 Å². The van der Waals surface area contributed by atoms with E-state index in [-0.39, 0.29) is 5.78 Å². The van der Waals surface area contributed by atoms with Crippen LogP contribution < -0.4 is 0 Å². The van der Waals surface area contributed by atoms with Crippen LogP contribution in [0.25, 0.3) is 0 Å². The fourth-order valence-corrected chi connectivity index (χ4v) is 1.40. The normalized spacial score (nSPS) is 9.24. The van der Waals surface area contributed by atoms with E-state index in [1.54, 1.807) is 18.2 Å².